The molecule has 158 valence electrons. The average Bonchev–Trinajstić information content (AvgIpc) is 3.39. The molecule has 0 aliphatic rings. The molecule has 1 aromatic carbocycles. The highest BCUT2D eigenvalue weighted by Gasteiger charge is 2.13. The summed E-state index contributed by atoms with van der Waals surface area (Å²) in [5.41, 5.74) is 1.16. The normalized spacial score (nSPS) is 10.6. The molecule has 0 aliphatic carbocycles. The number of thiazole rings is 1. The minimum Gasteiger partial charge on any atom is -0.494 e. The van der Waals surface area contributed by atoms with Crippen molar-refractivity contribution in [3.63, 3.8) is 0 Å². The highest BCUT2D eigenvalue weighted by molar-refractivity contribution is 7.14. The molecule has 2 heterocycles. The lowest BCUT2D eigenvalue weighted by atomic mass is 10.2. The van der Waals surface area contributed by atoms with Gasteiger partial charge in [-0.25, -0.2) is 4.98 Å². The number of rotatable bonds is 10. The van der Waals surface area contributed by atoms with Crippen molar-refractivity contribution >= 4 is 28.3 Å². The van der Waals surface area contributed by atoms with Crippen LogP contribution in [0.25, 0.3) is 11.5 Å². The highest BCUT2D eigenvalue weighted by Crippen LogP contribution is 2.27. The van der Waals surface area contributed by atoms with E-state index in [2.05, 4.69) is 22.5 Å². The van der Waals surface area contributed by atoms with E-state index >= 15 is 0 Å². The number of carbonyl (C=O) groups is 2. The SMILES string of the molecule is CCCCCOc1ccc(C(=O)Nc2nc(-c3ccc(CNC(C)=O)o3)cs2)cc1. The average molecular weight is 428 g/mol. The van der Waals surface area contributed by atoms with Crippen LogP contribution in [0.4, 0.5) is 5.13 Å². The zero-order valence-electron chi connectivity index (χ0n) is 17.1. The molecular weight excluding hydrogens is 402 g/mol. The van der Waals surface area contributed by atoms with Gasteiger partial charge in [0.15, 0.2) is 10.9 Å². The van der Waals surface area contributed by atoms with Gasteiger partial charge in [0.1, 0.15) is 17.2 Å². The lowest BCUT2D eigenvalue weighted by Crippen LogP contribution is -2.18. The van der Waals surface area contributed by atoms with E-state index in [-0.39, 0.29) is 11.8 Å². The summed E-state index contributed by atoms with van der Waals surface area (Å²) in [6.45, 7) is 4.61. The second kappa shape index (κ2) is 10.6. The fourth-order valence-corrected chi connectivity index (χ4v) is 3.38. The zero-order chi connectivity index (χ0) is 21.3. The van der Waals surface area contributed by atoms with Gasteiger partial charge in [-0.1, -0.05) is 19.8 Å². The summed E-state index contributed by atoms with van der Waals surface area (Å²) in [5, 5.41) is 7.77. The van der Waals surface area contributed by atoms with Crippen LogP contribution in [-0.2, 0) is 11.3 Å². The first-order valence-corrected chi connectivity index (χ1v) is 10.8. The number of nitrogens with one attached hydrogen (secondary N) is 2. The Morgan fingerprint density at radius 3 is 2.67 bits per heavy atom. The predicted octanol–water partition coefficient (Wildman–Crippen LogP) is 4.86. The summed E-state index contributed by atoms with van der Waals surface area (Å²) in [6, 6.07) is 10.6. The number of benzene rings is 1. The minimum absolute atomic E-state index is 0.123. The first-order valence-electron chi connectivity index (χ1n) is 9.88. The second-order valence-corrected chi connectivity index (χ2v) is 7.61. The van der Waals surface area contributed by atoms with Gasteiger partial charge < -0.3 is 14.5 Å². The molecule has 0 unspecified atom stereocenters. The van der Waals surface area contributed by atoms with Gasteiger partial charge in [0.05, 0.1) is 13.2 Å². The van der Waals surface area contributed by atoms with Crippen LogP contribution in [0.5, 0.6) is 5.75 Å². The van der Waals surface area contributed by atoms with Gasteiger partial charge in [0.25, 0.3) is 5.91 Å². The van der Waals surface area contributed by atoms with Crippen LogP contribution in [-0.4, -0.2) is 23.4 Å². The van der Waals surface area contributed by atoms with Crippen LogP contribution >= 0.6 is 11.3 Å². The number of ether oxygens (including phenoxy) is 1. The molecule has 8 heteroatoms. The number of aromatic nitrogens is 1. The number of amides is 2. The first-order chi connectivity index (χ1) is 14.5. The quantitative estimate of drug-likeness (QED) is 0.451. The number of anilines is 1. The standard InChI is InChI=1S/C22H25N3O4S/c1-3-4-5-12-28-17-8-6-16(7-9-17)21(27)25-22-24-19(14-30-22)20-11-10-18(29-20)13-23-15(2)26/h6-11,14H,3-5,12-13H2,1-2H3,(H,23,26)(H,24,25,27). The molecule has 0 fully saturated rings. The Kier molecular flexibility index (Phi) is 7.62. The van der Waals surface area contributed by atoms with Gasteiger partial charge in [0.2, 0.25) is 5.91 Å². The Hall–Kier alpha value is -3.13. The Labute approximate surface area is 179 Å². The molecule has 0 bridgehead atoms. The van der Waals surface area contributed by atoms with E-state index in [0.717, 1.165) is 25.0 Å². The lowest BCUT2D eigenvalue weighted by molar-refractivity contribution is -0.119. The highest BCUT2D eigenvalue weighted by atomic mass is 32.1. The van der Waals surface area contributed by atoms with E-state index in [1.54, 1.807) is 36.4 Å². The summed E-state index contributed by atoms with van der Waals surface area (Å²) in [6.07, 6.45) is 3.32. The fraction of sp³-hybridized carbons (Fsp3) is 0.318. The van der Waals surface area contributed by atoms with Crippen molar-refractivity contribution in [2.45, 2.75) is 39.7 Å². The lowest BCUT2D eigenvalue weighted by Gasteiger charge is -2.06. The summed E-state index contributed by atoms with van der Waals surface area (Å²) < 4.78 is 11.4. The zero-order valence-corrected chi connectivity index (χ0v) is 17.9. The summed E-state index contributed by atoms with van der Waals surface area (Å²) in [7, 11) is 0. The van der Waals surface area contributed by atoms with E-state index in [1.807, 2.05) is 5.38 Å². The van der Waals surface area contributed by atoms with Crippen LogP contribution in [0.3, 0.4) is 0 Å². The Morgan fingerprint density at radius 1 is 1.13 bits per heavy atom. The van der Waals surface area contributed by atoms with E-state index in [4.69, 9.17) is 9.15 Å². The van der Waals surface area contributed by atoms with Crippen molar-refractivity contribution in [1.29, 1.82) is 0 Å². The molecule has 3 aromatic rings. The van der Waals surface area contributed by atoms with Crippen molar-refractivity contribution in [3.8, 4) is 17.2 Å². The maximum absolute atomic E-state index is 12.5. The van der Waals surface area contributed by atoms with Crippen molar-refractivity contribution < 1.29 is 18.7 Å². The molecule has 0 spiro atoms. The third-order valence-corrected chi connectivity index (χ3v) is 5.04. The Morgan fingerprint density at radius 2 is 1.93 bits per heavy atom. The number of hydrogen-bond donors (Lipinski definition) is 2. The predicted molar refractivity (Wildman–Crippen MR) is 117 cm³/mol. The first kappa shape index (κ1) is 21.6. The largest absolute Gasteiger partial charge is 0.494 e. The van der Waals surface area contributed by atoms with Crippen LogP contribution in [0.15, 0.2) is 46.2 Å². The van der Waals surface area contributed by atoms with Gasteiger partial charge in [-0.2, -0.15) is 0 Å². The van der Waals surface area contributed by atoms with Gasteiger partial charge in [0, 0.05) is 17.9 Å². The van der Waals surface area contributed by atoms with E-state index in [0.29, 0.717) is 41.1 Å². The maximum atomic E-state index is 12.5. The number of unbranched alkanes of at least 4 members (excludes halogenated alkanes) is 2. The Bertz CT molecular complexity index is 978. The number of nitrogens with zero attached hydrogens (tertiary/aromatic N) is 1. The molecule has 0 saturated heterocycles. The molecule has 0 radical (unpaired) electrons. The topological polar surface area (TPSA) is 93.5 Å². The molecule has 30 heavy (non-hydrogen) atoms. The molecule has 0 saturated carbocycles. The molecule has 0 atom stereocenters. The maximum Gasteiger partial charge on any atom is 0.257 e. The minimum atomic E-state index is -0.237. The summed E-state index contributed by atoms with van der Waals surface area (Å²) in [5.74, 6) is 1.61. The van der Waals surface area contributed by atoms with Crippen molar-refractivity contribution in [2.75, 3.05) is 11.9 Å². The molecule has 0 aliphatic heterocycles. The molecule has 2 amide bonds. The van der Waals surface area contributed by atoms with E-state index in [9.17, 15) is 9.59 Å². The molecular formula is C22H25N3O4S. The van der Waals surface area contributed by atoms with E-state index in [1.165, 1.54) is 18.3 Å². The molecule has 2 N–H and O–H groups in total. The second-order valence-electron chi connectivity index (χ2n) is 6.75. The number of carbonyl (C=O) groups excluding carboxylic acids is 2. The monoisotopic (exact) mass is 427 g/mol. The molecule has 7 nitrogen and oxygen atoms in total. The van der Waals surface area contributed by atoms with E-state index < -0.39 is 0 Å². The molecule has 3 rings (SSSR count). The van der Waals surface area contributed by atoms with Gasteiger partial charge in [-0.15, -0.1) is 11.3 Å². The van der Waals surface area contributed by atoms with Crippen molar-refractivity contribution in [3.05, 3.63) is 53.1 Å². The van der Waals surface area contributed by atoms with Crippen LogP contribution < -0.4 is 15.4 Å². The van der Waals surface area contributed by atoms with Gasteiger partial charge in [-0.3, -0.25) is 14.9 Å². The third-order valence-electron chi connectivity index (χ3n) is 4.28. The number of furan rings is 1. The van der Waals surface area contributed by atoms with Crippen molar-refractivity contribution in [1.82, 2.24) is 10.3 Å². The third kappa shape index (κ3) is 6.18. The summed E-state index contributed by atoms with van der Waals surface area (Å²) >= 11 is 1.32. The van der Waals surface area contributed by atoms with Crippen molar-refractivity contribution in [2.24, 2.45) is 0 Å². The fourth-order valence-electron chi connectivity index (χ4n) is 2.68. The van der Waals surface area contributed by atoms with Crippen LogP contribution in [0.1, 0.15) is 49.2 Å². The summed E-state index contributed by atoms with van der Waals surface area (Å²) in [4.78, 5) is 27.9. The Balaban J connectivity index is 1.55. The number of hydrogen-bond acceptors (Lipinski definition) is 6. The smallest absolute Gasteiger partial charge is 0.257 e. The van der Waals surface area contributed by atoms with Gasteiger partial charge >= 0.3 is 0 Å². The van der Waals surface area contributed by atoms with Crippen LogP contribution in [0.2, 0.25) is 0 Å². The van der Waals surface area contributed by atoms with Gasteiger partial charge in [-0.05, 0) is 42.8 Å². The molecule has 2 aromatic heterocycles. The van der Waals surface area contributed by atoms with Crippen LogP contribution in [0, 0.1) is 0 Å².